The lowest BCUT2D eigenvalue weighted by Crippen LogP contribution is -2.38. The normalized spacial score (nSPS) is 11.7. The van der Waals surface area contributed by atoms with Crippen LogP contribution in [-0.4, -0.2) is 29.6 Å². The first-order valence-corrected chi connectivity index (χ1v) is 5.40. The standard InChI is InChI=1S/C11H13ClN2O3/c1-7(15)6-13-10(16)11(17)14-9-5-3-2-4-8(9)12/h2-5,7,15H,6H2,1H3,(H,13,16)(H,14,17). The molecule has 0 aliphatic heterocycles. The van der Waals surface area contributed by atoms with E-state index in [0.29, 0.717) is 10.7 Å². The molecule has 1 atom stereocenters. The summed E-state index contributed by atoms with van der Waals surface area (Å²) in [6, 6.07) is 6.59. The van der Waals surface area contributed by atoms with E-state index in [4.69, 9.17) is 16.7 Å². The molecule has 0 heterocycles. The van der Waals surface area contributed by atoms with Gasteiger partial charge < -0.3 is 15.7 Å². The third kappa shape index (κ3) is 4.42. The van der Waals surface area contributed by atoms with Gasteiger partial charge in [0.05, 0.1) is 16.8 Å². The molecule has 5 nitrogen and oxygen atoms in total. The number of nitrogens with one attached hydrogen (secondary N) is 2. The van der Waals surface area contributed by atoms with Gasteiger partial charge >= 0.3 is 11.8 Å². The lowest BCUT2D eigenvalue weighted by molar-refractivity contribution is -0.136. The average Bonchev–Trinajstić information content (AvgIpc) is 2.28. The minimum Gasteiger partial charge on any atom is -0.392 e. The topological polar surface area (TPSA) is 78.4 Å². The van der Waals surface area contributed by atoms with E-state index in [1.54, 1.807) is 24.3 Å². The van der Waals surface area contributed by atoms with Crippen LogP contribution < -0.4 is 10.6 Å². The molecule has 0 saturated carbocycles. The minimum atomic E-state index is -0.821. The van der Waals surface area contributed by atoms with Gasteiger partial charge in [-0.3, -0.25) is 9.59 Å². The molecule has 17 heavy (non-hydrogen) atoms. The van der Waals surface area contributed by atoms with Gasteiger partial charge in [-0.15, -0.1) is 0 Å². The maximum absolute atomic E-state index is 11.4. The quantitative estimate of drug-likeness (QED) is 0.699. The first kappa shape index (κ1) is 13.5. The molecule has 1 aromatic carbocycles. The van der Waals surface area contributed by atoms with Crippen molar-refractivity contribution in [1.82, 2.24) is 5.32 Å². The molecule has 0 radical (unpaired) electrons. The van der Waals surface area contributed by atoms with Gasteiger partial charge in [-0.1, -0.05) is 23.7 Å². The van der Waals surface area contributed by atoms with Crippen LogP contribution >= 0.6 is 11.6 Å². The number of aliphatic hydroxyl groups is 1. The van der Waals surface area contributed by atoms with Crippen LogP contribution in [0, 0.1) is 0 Å². The summed E-state index contributed by atoms with van der Waals surface area (Å²) in [4.78, 5) is 22.7. The van der Waals surface area contributed by atoms with Crippen LogP contribution in [0.15, 0.2) is 24.3 Å². The SMILES string of the molecule is CC(O)CNC(=O)C(=O)Nc1ccccc1Cl. The summed E-state index contributed by atoms with van der Waals surface area (Å²) >= 11 is 5.81. The smallest absolute Gasteiger partial charge is 0.313 e. The van der Waals surface area contributed by atoms with Gasteiger partial charge in [-0.2, -0.15) is 0 Å². The first-order valence-electron chi connectivity index (χ1n) is 5.02. The summed E-state index contributed by atoms with van der Waals surface area (Å²) in [7, 11) is 0. The minimum absolute atomic E-state index is 0.0226. The third-order valence-electron chi connectivity index (χ3n) is 1.89. The largest absolute Gasteiger partial charge is 0.392 e. The van der Waals surface area contributed by atoms with Crippen molar-refractivity contribution in [2.24, 2.45) is 0 Å². The number of carbonyl (C=O) groups is 2. The molecule has 0 aliphatic rings. The number of halogens is 1. The van der Waals surface area contributed by atoms with Crippen molar-refractivity contribution >= 4 is 29.1 Å². The zero-order valence-corrected chi connectivity index (χ0v) is 9.99. The first-order chi connectivity index (χ1) is 8.00. The average molecular weight is 257 g/mol. The highest BCUT2D eigenvalue weighted by Crippen LogP contribution is 2.19. The van der Waals surface area contributed by atoms with Crippen molar-refractivity contribution in [2.75, 3.05) is 11.9 Å². The van der Waals surface area contributed by atoms with Crippen molar-refractivity contribution < 1.29 is 14.7 Å². The van der Waals surface area contributed by atoms with Crippen molar-refractivity contribution in [3.63, 3.8) is 0 Å². The van der Waals surface area contributed by atoms with E-state index in [0.717, 1.165) is 0 Å². The second-order valence-corrected chi connectivity index (χ2v) is 3.90. The summed E-state index contributed by atoms with van der Waals surface area (Å²) in [5, 5.41) is 13.9. The van der Waals surface area contributed by atoms with Crippen molar-refractivity contribution in [1.29, 1.82) is 0 Å². The van der Waals surface area contributed by atoms with Crippen molar-refractivity contribution in [3.05, 3.63) is 29.3 Å². The van der Waals surface area contributed by atoms with Crippen LogP contribution in [0.2, 0.25) is 5.02 Å². The number of carbonyl (C=O) groups excluding carboxylic acids is 2. The number of hydrogen-bond acceptors (Lipinski definition) is 3. The van der Waals surface area contributed by atoms with E-state index in [-0.39, 0.29) is 6.54 Å². The maximum atomic E-state index is 11.4. The van der Waals surface area contributed by atoms with Crippen molar-refractivity contribution in [2.45, 2.75) is 13.0 Å². The predicted molar refractivity (Wildman–Crippen MR) is 64.8 cm³/mol. The van der Waals surface area contributed by atoms with Crippen molar-refractivity contribution in [3.8, 4) is 0 Å². The van der Waals surface area contributed by atoms with E-state index in [2.05, 4.69) is 10.6 Å². The molecule has 92 valence electrons. The Labute approximate surface area is 104 Å². The lowest BCUT2D eigenvalue weighted by Gasteiger charge is -2.08. The molecule has 1 rings (SSSR count). The molecule has 1 unspecified atom stereocenters. The summed E-state index contributed by atoms with van der Waals surface area (Å²) < 4.78 is 0. The van der Waals surface area contributed by atoms with Gasteiger partial charge in [0.15, 0.2) is 0 Å². The van der Waals surface area contributed by atoms with E-state index in [9.17, 15) is 9.59 Å². The van der Waals surface area contributed by atoms with E-state index < -0.39 is 17.9 Å². The molecule has 0 aromatic heterocycles. The maximum Gasteiger partial charge on any atom is 0.313 e. The third-order valence-corrected chi connectivity index (χ3v) is 2.22. The van der Waals surface area contributed by atoms with Gasteiger partial charge in [-0.25, -0.2) is 0 Å². The van der Waals surface area contributed by atoms with Crippen LogP contribution in [0.4, 0.5) is 5.69 Å². The molecule has 2 amide bonds. The van der Waals surface area contributed by atoms with Crippen LogP contribution in [-0.2, 0) is 9.59 Å². The molecule has 0 saturated heterocycles. The van der Waals surface area contributed by atoms with Gasteiger partial charge in [0.1, 0.15) is 0 Å². The van der Waals surface area contributed by atoms with Gasteiger partial charge in [0, 0.05) is 6.54 Å². The molecule has 6 heteroatoms. The number of benzene rings is 1. The zero-order chi connectivity index (χ0) is 12.8. The molecule has 0 aliphatic carbocycles. The summed E-state index contributed by atoms with van der Waals surface area (Å²) in [6.07, 6.45) is -0.702. The van der Waals surface area contributed by atoms with Crippen LogP contribution in [0.5, 0.6) is 0 Å². The number of rotatable bonds is 3. The highest BCUT2D eigenvalue weighted by atomic mass is 35.5. The molecule has 0 fully saturated rings. The van der Waals surface area contributed by atoms with Crippen LogP contribution in [0.3, 0.4) is 0 Å². The fourth-order valence-electron chi connectivity index (χ4n) is 1.06. The zero-order valence-electron chi connectivity index (χ0n) is 9.24. The Balaban J connectivity index is 2.55. The predicted octanol–water partition coefficient (Wildman–Crippen LogP) is 0.775. The summed E-state index contributed by atoms with van der Waals surface area (Å²) in [5.41, 5.74) is 0.367. The molecular weight excluding hydrogens is 244 g/mol. The molecule has 3 N–H and O–H groups in total. The Morgan fingerprint density at radius 1 is 1.35 bits per heavy atom. The van der Waals surface area contributed by atoms with E-state index in [1.807, 2.05) is 0 Å². The van der Waals surface area contributed by atoms with Gasteiger partial charge in [-0.05, 0) is 19.1 Å². The Kier molecular flexibility index (Phi) is 4.93. The molecule has 0 bridgehead atoms. The molecule has 1 aromatic rings. The number of amides is 2. The fraction of sp³-hybridized carbons (Fsp3) is 0.273. The Bertz CT molecular complexity index is 421. The molecular formula is C11H13ClN2O3. The Hall–Kier alpha value is -1.59. The number of aliphatic hydroxyl groups excluding tert-OH is 1. The second-order valence-electron chi connectivity index (χ2n) is 3.49. The van der Waals surface area contributed by atoms with Gasteiger partial charge in [0.2, 0.25) is 0 Å². The number of anilines is 1. The highest BCUT2D eigenvalue weighted by Gasteiger charge is 2.14. The fourth-order valence-corrected chi connectivity index (χ4v) is 1.25. The molecule has 0 spiro atoms. The lowest BCUT2D eigenvalue weighted by atomic mass is 10.3. The monoisotopic (exact) mass is 256 g/mol. The number of hydrogen-bond donors (Lipinski definition) is 3. The Morgan fingerprint density at radius 2 is 2.00 bits per heavy atom. The van der Waals surface area contributed by atoms with Gasteiger partial charge in [0.25, 0.3) is 0 Å². The van der Waals surface area contributed by atoms with Crippen LogP contribution in [0.1, 0.15) is 6.92 Å². The number of para-hydroxylation sites is 1. The van der Waals surface area contributed by atoms with Crippen LogP contribution in [0.25, 0.3) is 0 Å². The highest BCUT2D eigenvalue weighted by molar-refractivity contribution is 6.41. The summed E-state index contributed by atoms with van der Waals surface area (Å²) in [6.45, 7) is 1.53. The second kappa shape index (κ2) is 6.22. The summed E-state index contributed by atoms with van der Waals surface area (Å²) in [5.74, 6) is -1.63. The van der Waals surface area contributed by atoms with E-state index >= 15 is 0 Å². The Morgan fingerprint density at radius 3 is 2.59 bits per heavy atom. The van der Waals surface area contributed by atoms with E-state index in [1.165, 1.54) is 6.92 Å².